The minimum atomic E-state index is 0.666. The number of nitrogens with zero attached hydrogens (tertiary/aromatic N) is 3. The van der Waals surface area contributed by atoms with Crippen LogP contribution in [0.4, 0.5) is 0 Å². The standard InChI is InChI=1S/C24H21N3/c1-3-18-6-5-7-19(4-2)24(18)22-14-20-12-13-27(23(20)16-26-22)21-10-8-17(15-25)9-11-21/h5-14,16H,3-4H2,1-2H3. The summed E-state index contributed by atoms with van der Waals surface area (Å²) in [6.45, 7) is 4.39. The molecule has 0 fully saturated rings. The number of pyridine rings is 1. The van der Waals surface area contributed by atoms with Crippen molar-refractivity contribution < 1.29 is 0 Å². The number of hydrogen-bond acceptors (Lipinski definition) is 2. The Morgan fingerprint density at radius 3 is 2.30 bits per heavy atom. The molecular formula is C24H21N3. The van der Waals surface area contributed by atoms with Crippen molar-refractivity contribution in [1.29, 1.82) is 5.26 Å². The largest absolute Gasteiger partial charge is 0.315 e. The van der Waals surface area contributed by atoms with Crippen LogP contribution in [-0.2, 0) is 12.8 Å². The molecule has 0 aliphatic carbocycles. The van der Waals surface area contributed by atoms with E-state index in [0.717, 1.165) is 35.1 Å². The van der Waals surface area contributed by atoms with Gasteiger partial charge in [-0.3, -0.25) is 4.98 Å². The van der Waals surface area contributed by atoms with Crippen LogP contribution in [-0.4, -0.2) is 9.55 Å². The second-order valence-corrected chi connectivity index (χ2v) is 6.63. The Hall–Kier alpha value is -3.38. The van der Waals surface area contributed by atoms with Gasteiger partial charge in [0.1, 0.15) is 0 Å². The maximum Gasteiger partial charge on any atom is 0.0991 e. The van der Waals surface area contributed by atoms with Crippen molar-refractivity contribution in [3.8, 4) is 23.0 Å². The third kappa shape index (κ3) is 3.00. The van der Waals surface area contributed by atoms with Crippen LogP contribution in [0.25, 0.3) is 27.8 Å². The van der Waals surface area contributed by atoms with Crippen LogP contribution in [0.2, 0.25) is 0 Å². The summed E-state index contributed by atoms with van der Waals surface area (Å²) in [5.41, 5.74) is 7.75. The molecule has 2 aromatic carbocycles. The summed E-state index contributed by atoms with van der Waals surface area (Å²) < 4.78 is 2.11. The maximum atomic E-state index is 8.99. The van der Waals surface area contributed by atoms with Crippen LogP contribution in [0.15, 0.2) is 67.0 Å². The molecule has 0 aliphatic heterocycles. The lowest BCUT2D eigenvalue weighted by Gasteiger charge is -2.13. The second kappa shape index (κ2) is 7.09. The van der Waals surface area contributed by atoms with Crippen LogP contribution in [0, 0.1) is 11.3 Å². The van der Waals surface area contributed by atoms with Crippen molar-refractivity contribution in [2.45, 2.75) is 26.7 Å². The number of nitriles is 1. The Morgan fingerprint density at radius 2 is 1.67 bits per heavy atom. The van der Waals surface area contributed by atoms with Gasteiger partial charge in [-0.1, -0.05) is 32.0 Å². The molecule has 0 spiro atoms. The third-order valence-corrected chi connectivity index (χ3v) is 5.11. The van der Waals surface area contributed by atoms with Gasteiger partial charge in [-0.25, -0.2) is 0 Å². The van der Waals surface area contributed by atoms with Gasteiger partial charge in [-0.15, -0.1) is 0 Å². The number of aromatic nitrogens is 2. The van der Waals surface area contributed by atoms with Gasteiger partial charge in [0.2, 0.25) is 0 Å². The van der Waals surface area contributed by atoms with E-state index >= 15 is 0 Å². The molecular weight excluding hydrogens is 330 g/mol. The molecule has 0 N–H and O–H groups in total. The number of rotatable bonds is 4. The van der Waals surface area contributed by atoms with Gasteiger partial charge in [-0.2, -0.15) is 5.26 Å². The number of benzene rings is 2. The zero-order chi connectivity index (χ0) is 18.8. The zero-order valence-electron chi connectivity index (χ0n) is 15.6. The summed E-state index contributed by atoms with van der Waals surface area (Å²) in [5, 5.41) is 10.2. The normalized spacial score (nSPS) is 10.9. The minimum Gasteiger partial charge on any atom is -0.315 e. The first-order valence-corrected chi connectivity index (χ1v) is 9.34. The molecule has 3 nitrogen and oxygen atoms in total. The molecule has 0 atom stereocenters. The second-order valence-electron chi connectivity index (χ2n) is 6.63. The van der Waals surface area contributed by atoms with Gasteiger partial charge >= 0.3 is 0 Å². The van der Waals surface area contributed by atoms with Gasteiger partial charge in [-0.05, 0) is 60.4 Å². The number of hydrogen-bond donors (Lipinski definition) is 0. The van der Waals surface area contributed by atoms with E-state index in [1.807, 2.05) is 30.5 Å². The predicted molar refractivity (Wildman–Crippen MR) is 110 cm³/mol. The molecule has 27 heavy (non-hydrogen) atoms. The first-order chi connectivity index (χ1) is 13.2. The van der Waals surface area contributed by atoms with E-state index in [1.54, 1.807) is 0 Å². The lowest BCUT2D eigenvalue weighted by Crippen LogP contribution is -1.97. The van der Waals surface area contributed by atoms with Crippen LogP contribution in [0.5, 0.6) is 0 Å². The minimum absolute atomic E-state index is 0.666. The monoisotopic (exact) mass is 351 g/mol. The summed E-state index contributed by atoms with van der Waals surface area (Å²) in [7, 11) is 0. The van der Waals surface area contributed by atoms with Crippen molar-refractivity contribution in [2.75, 3.05) is 0 Å². The van der Waals surface area contributed by atoms with Crippen molar-refractivity contribution in [1.82, 2.24) is 9.55 Å². The molecule has 0 unspecified atom stereocenters. The first kappa shape index (κ1) is 17.1. The van der Waals surface area contributed by atoms with Gasteiger partial charge < -0.3 is 4.57 Å². The summed E-state index contributed by atoms with van der Waals surface area (Å²) in [4.78, 5) is 4.81. The molecule has 132 valence electrons. The van der Waals surface area contributed by atoms with Gasteiger partial charge in [0.25, 0.3) is 0 Å². The highest BCUT2D eigenvalue weighted by atomic mass is 15.0. The molecule has 0 aliphatic rings. The molecule has 0 bridgehead atoms. The molecule has 0 saturated carbocycles. The Labute approximate surface area is 159 Å². The fourth-order valence-corrected chi connectivity index (χ4v) is 3.66. The maximum absolute atomic E-state index is 8.99. The molecule has 2 heterocycles. The van der Waals surface area contributed by atoms with E-state index in [-0.39, 0.29) is 0 Å². The Balaban J connectivity index is 1.83. The zero-order valence-corrected chi connectivity index (χ0v) is 15.6. The Morgan fingerprint density at radius 1 is 0.963 bits per heavy atom. The topological polar surface area (TPSA) is 41.6 Å². The summed E-state index contributed by atoms with van der Waals surface area (Å²) in [5.74, 6) is 0. The highest BCUT2D eigenvalue weighted by Gasteiger charge is 2.12. The SMILES string of the molecule is CCc1cccc(CC)c1-c1cc2ccn(-c3ccc(C#N)cc3)c2cn1. The fourth-order valence-electron chi connectivity index (χ4n) is 3.66. The highest BCUT2D eigenvalue weighted by molar-refractivity contribution is 5.86. The van der Waals surface area contributed by atoms with Crippen molar-refractivity contribution in [3.63, 3.8) is 0 Å². The van der Waals surface area contributed by atoms with E-state index in [9.17, 15) is 0 Å². The quantitative estimate of drug-likeness (QED) is 0.474. The molecule has 4 aromatic rings. The van der Waals surface area contributed by atoms with Crippen LogP contribution >= 0.6 is 0 Å². The number of aryl methyl sites for hydroxylation is 2. The van der Waals surface area contributed by atoms with Crippen molar-refractivity contribution in [3.05, 3.63) is 83.7 Å². The van der Waals surface area contributed by atoms with Crippen molar-refractivity contribution in [2.24, 2.45) is 0 Å². The summed E-state index contributed by atoms with van der Waals surface area (Å²) in [6.07, 6.45) is 6.00. The Bertz CT molecular complexity index is 1120. The summed E-state index contributed by atoms with van der Waals surface area (Å²) in [6, 6.07) is 20.6. The molecule has 0 amide bonds. The van der Waals surface area contributed by atoms with E-state index < -0.39 is 0 Å². The van der Waals surface area contributed by atoms with Gasteiger partial charge in [0, 0.05) is 22.8 Å². The average Bonchev–Trinajstić information content (AvgIpc) is 3.16. The fraction of sp³-hybridized carbons (Fsp3) is 0.167. The smallest absolute Gasteiger partial charge is 0.0991 e. The van der Waals surface area contributed by atoms with Gasteiger partial charge in [0.05, 0.1) is 29.0 Å². The van der Waals surface area contributed by atoms with Crippen LogP contribution in [0.1, 0.15) is 30.5 Å². The molecule has 3 heteroatoms. The van der Waals surface area contributed by atoms with E-state index in [1.165, 1.54) is 16.7 Å². The molecule has 4 rings (SSSR count). The van der Waals surface area contributed by atoms with Gasteiger partial charge in [0.15, 0.2) is 0 Å². The summed E-state index contributed by atoms with van der Waals surface area (Å²) >= 11 is 0. The average molecular weight is 351 g/mol. The number of fused-ring (bicyclic) bond motifs is 1. The van der Waals surface area contributed by atoms with E-state index in [0.29, 0.717) is 5.56 Å². The van der Waals surface area contributed by atoms with Crippen molar-refractivity contribution >= 4 is 10.9 Å². The first-order valence-electron chi connectivity index (χ1n) is 9.34. The van der Waals surface area contributed by atoms with E-state index in [4.69, 9.17) is 10.2 Å². The highest BCUT2D eigenvalue weighted by Crippen LogP contribution is 2.30. The lowest BCUT2D eigenvalue weighted by atomic mass is 9.94. The van der Waals surface area contributed by atoms with Crippen LogP contribution in [0.3, 0.4) is 0 Å². The molecule has 0 radical (unpaired) electrons. The lowest BCUT2D eigenvalue weighted by molar-refractivity contribution is 1.08. The van der Waals surface area contributed by atoms with Crippen LogP contribution < -0.4 is 0 Å². The van der Waals surface area contributed by atoms with E-state index in [2.05, 4.69) is 61.0 Å². The third-order valence-electron chi connectivity index (χ3n) is 5.11. The molecule has 2 aromatic heterocycles. The predicted octanol–water partition coefficient (Wildman–Crippen LogP) is 5.69. The Kier molecular flexibility index (Phi) is 4.48. The molecule has 0 saturated heterocycles.